The molecule has 1 rings (SSSR count). The van der Waals surface area contributed by atoms with E-state index >= 15 is 0 Å². The normalized spacial score (nSPS) is 12.7. The van der Waals surface area contributed by atoms with Crippen LogP contribution in [0.4, 0.5) is 39.5 Å². The van der Waals surface area contributed by atoms with Crippen LogP contribution in [0.1, 0.15) is 32.3 Å². The van der Waals surface area contributed by atoms with Crippen LogP contribution >= 0.6 is 0 Å². The number of carbonyl (C=O) groups excluding carboxylic acids is 1. The zero-order valence-electron chi connectivity index (χ0n) is 16.8. The van der Waals surface area contributed by atoms with Gasteiger partial charge >= 0.3 is 88.1 Å². The minimum absolute atomic E-state index is 0. The van der Waals surface area contributed by atoms with Crippen LogP contribution in [-0.2, 0) is 9.53 Å². The summed E-state index contributed by atoms with van der Waals surface area (Å²) in [5.41, 5.74) is 0.909. The van der Waals surface area contributed by atoms with Crippen molar-refractivity contribution in [1.82, 2.24) is 0 Å². The summed E-state index contributed by atoms with van der Waals surface area (Å²) in [6, 6.07) is 6.36. The molecule has 0 aliphatic rings. The number of hydrogen-bond acceptors (Lipinski definition) is 3. The molecule has 0 aliphatic carbocycles. The standard InChI is InChI=1S/C18H18F9O3.Rb/c1-3-11(2)12-4-6-13(7-5-12)30-10-14(28)29-9-8-15(19,20)16(21,22)17(23,24)18(25,26)27;/h4-7H,3,8-10H2,1-2H3;/q-1;+1. The fourth-order valence-corrected chi connectivity index (χ4v) is 2.08. The second kappa shape index (κ2) is 11.6. The molecule has 172 valence electrons. The van der Waals surface area contributed by atoms with Crippen molar-refractivity contribution in [1.29, 1.82) is 0 Å². The molecule has 31 heavy (non-hydrogen) atoms. The van der Waals surface area contributed by atoms with E-state index in [1.165, 1.54) is 12.1 Å². The first kappa shape index (κ1) is 30.5. The fourth-order valence-electron chi connectivity index (χ4n) is 2.08. The Bertz CT molecular complexity index is 706. The summed E-state index contributed by atoms with van der Waals surface area (Å²) >= 11 is 0. The van der Waals surface area contributed by atoms with E-state index in [9.17, 15) is 44.3 Å². The van der Waals surface area contributed by atoms with Gasteiger partial charge in [-0.1, -0.05) is 32.4 Å². The predicted octanol–water partition coefficient (Wildman–Crippen LogP) is 2.82. The Morgan fingerprint density at radius 3 is 1.90 bits per heavy atom. The van der Waals surface area contributed by atoms with Gasteiger partial charge in [0.2, 0.25) is 0 Å². The molecule has 0 heterocycles. The maximum Gasteiger partial charge on any atom is 1.00 e. The summed E-state index contributed by atoms with van der Waals surface area (Å²) in [4.78, 5) is 11.4. The molecule has 0 saturated carbocycles. The fraction of sp³-hybridized carbons (Fsp3) is 0.556. The molecule has 0 amide bonds. The quantitative estimate of drug-likeness (QED) is 0.261. The average Bonchev–Trinajstić information content (AvgIpc) is 2.64. The third-order valence-corrected chi connectivity index (χ3v) is 4.12. The molecule has 1 aromatic carbocycles. The minimum Gasteiger partial charge on any atom is -0.484 e. The van der Waals surface area contributed by atoms with Crippen molar-refractivity contribution in [2.45, 2.75) is 50.6 Å². The Labute approximate surface area is 221 Å². The summed E-state index contributed by atoms with van der Waals surface area (Å²) in [5.74, 6) is -19.5. The summed E-state index contributed by atoms with van der Waals surface area (Å²) in [6.07, 6.45) is -8.35. The molecule has 0 fully saturated rings. The van der Waals surface area contributed by atoms with Crippen LogP contribution < -0.4 is 62.9 Å². The van der Waals surface area contributed by atoms with E-state index < -0.39 is 49.5 Å². The van der Waals surface area contributed by atoms with Gasteiger partial charge in [0.15, 0.2) is 6.61 Å². The number of alkyl halides is 9. The van der Waals surface area contributed by atoms with Crippen LogP contribution in [-0.4, -0.2) is 43.1 Å². The number of ether oxygens (including phenoxy) is 2. The maximum atomic E-state index is 13.3. The Morgan fingerprint density at radius 2 is 1.45 bits per heavy atom. The van der Waals surface area contributed by atoms with E-state index in [2.05, 4.69) is 4.74 Å². The smallest absolute Gasteiger partial charge is 0.484 e. The van der Waals surface area contributed by atoms with Crippen LogP contribution in [0.5, 0.6) is 5.75 Å². The Morgan fingerprint density at radius 1 is 0.935 bits per heavy atom. The molecule has 0 bridgehead atoms. The minimum atomic E-state index is -6.98. The van der Waals surface area contributed by atoms with Crippen molar-refractivity contribution in [3.05, 3.63) is 35.7 Å². The number of hydrogen-bond donors (Lipinski definition) is 0. The van der Waals surface area contributed by atoms with E-state index in [4.69, 9.17) is 4.74 Å². The van der Waals surface area contributed by atoms with Crippen LogP contribution in [0.25, 0.3) is 0 Å². The van der Waals surface area contributed by atoms with Crippen molar-refractivity contribution in [2.75, 3.05) is 13.2 Å². The van der Waals surface area contributed by atoms with Gasteiger partial charge in [-0.25, -0.2) is 4.79 Å². The van der Waals surface area contributed by atoms with Gasteiger partial charge in [0.25, 0.3) is 0 Å². The Kier molecular flexibility index (Phi) is 11.4. The molecule has 0 aromatic heterocycles. The molecule has 0 aliphatic heterocycles. The summed E-state index contributed by atoms with van der Waals surface area (Å²) < 4.78 is 123. The van der Waals surface area contributed by atoms with Gasteiger partial charge < -0.3 is 9.47 Å². The molecular weight excluding hydrogens is 521 g/mol. The number of benzene rings is 1. The van der Waals surface area contributed by atoms with E-state index in [0.717, 1.165) is 17.9 Å². The molecular formula is C18H18F9O3Rb. The van der Waals surface area contributed by atoms with Crippen molar-refractivity contribution in [3.63, 3.8) is 0 Å². The first-order valence-corrected chi connectivity index (χ1v) is 8.48. The van der Waals surface area contributed by atoms with Gasteiger partial charge in [-0.05, 0) is 0 Å². The van der Waals surface area contributed by atoms with Crippen molar-refractivity contribution < 1.29 is 112 Å². The van der Waals surface area contributed by atoms with Gasteiger partial charge in [0.05, 0.1) is 18.8 Å². The number of esters is 1. The molecule has 13 heteroatoms. The second-order valence-electron chi connectivity index (χ2n) is 6.27. The molecule has 0 atom stereocenters. The van der Waals surface area contributed by atoms with Crippen LogP contribution in [0, 0.1) is 5.92 Å². The average molecular weight is 539 g/mol. The zero-order chi connectivity index (χ0) is 23.4. The van der Waals surface area contributed by atoms with E-state index in [1.807, 2.05) is 13.8 Å². The number of carbonyl (C=O) groups is 1. The predicted molar refractivity (Wildman–Crippen MR) is 86.7 cm³/mol. The van der Waals surface area contributed by atoms with Crippen LogP contribution in [0.3, 0.4) is 0 Å². The molecule has 0 spiro atoms. The SMILES string of the molecule is CC[C-](C)c1ccc(OCC(=O)OCCC(F)(F)C(F)(F)C(F)(F)C(F)(F)F)cc1.[Rb+]. The third-order valence-electron chi connectivity index (χ3n) is 4.12. The van der Waals surface area contributed by atoms with E-state index in [0.29, 0.717) is 0 Å². The molecule has 0 saturated heterocycles. The Balaban J connectivity index is 0.00000900. The van der Waals surface area contributed by atoms with Gasteiger partial charge in [-0.2, -0.15) is 63.1 Å². The van der Waals surface area contributed by atoms with E-state index in [-0.39, 0.29) is 63.9 Å². The Hall–Kier alpha value is -0.465. The van der Waals surface area contributed by atoms with Gasteiger partial charge in [-0.15, -0.1) is 0 Å². The first-order valence-electron chi connectivity index (χ1n) is 8.48. The van der Waals surface area contributed by atoms with Crippen molar-refractivity contribution >= 4 is 5.97 Å². The van der Waals surface area contributed by atoms with Crippen LogP contribution in [0.15, 0.2) is 24.3 Å². The molecule has 0 unspecified atom stereocenters. The largest absolute Gasteiger partial charge is 1.00 e. The molecule has 3 nitrogen and oxygen atoms in total. The number of halogens is 9. The van der Waals surface area contributed by atoms with Gasteiger partial charge in [0, 0.05) is 0 Å². The monoisotopic (exact) mass is 538 g/mol. The summed E-state index contributed by atoms with van der Waals surface area (Å²) in [5, 5.41) is 0. The first-order chi connectivity index (χ1) is 13.6. The zero-order valence-corrected chi connectivity index (χ0v) is 21.7. The van der Waals surface area contributed by atoms with Crippen LogP contribution in [0.2, 0.25) is 0 Å². The topological polar surface area (TPSA) is 35.5 Å². The molecule has 1 aromatic rings. The molecule has 0 radical (unpaired) electrons. The maximum absolute atomic E-state index is 13.3. The third kappa shape index (κ3) is 7.53. The molecule has 0 N–H and O–H groups in total. The van der Waals surface area contributed by atoms with Gasteiger partial charge in [-0.3, -0.25) is 0 Å². The van der Waals surface area contributed by atoms with E-state index in [1.54, 1.807) is 12.1 Å². The number of rotatable bonds is 10. The van der Waals surface area contributed by atoms with Crippen molar-refractivity contribution in [3.8, 4) is 5.75 Å². The summed E-state index contributed by atoms with van der Waals surface area (Å²) in [6.45, 7) is 1.50. The van der Waals surface area contributed by atoms with Gasteiger partial charge in [0.1, 0.15) is 0 Å². The second-order valence-corrected chi connectivity index (χ2v) is 6.27. The van der Waals surface area contributed by atoms with Crippen molar-refractivity contribution in [2.24, 2.45) is 0 Å². The summed E-state index contributed by atoms with van der Waals surface area (Å²) in [7, 11) is 0.